The zero-order valence-electron chi connectivity index (χ0n) is 9.00. The van der Waals surface area contributed by atoms with Crippen LogP contribution in [0.25, 0.3) is 0 Å². The first kappa shape index (κ1) is 12.4. The molecule has 0 saturated heterocycles. The summed E-state index contributed by atoms with van der Waals surface area (Å²) < 4.78 is 0. The quantitative estimate of drug-likeness (QED) is 0.618. The van der Waals surface area contributed by atoms with E-state index in [-0.39, 0.29) is 12.5 Å². The van der Waals surface area contributed by atoms with Gasteiger partial charge in [0.05, 0.1) is 6.54 Å². The molecule has 1 atom stereocenters. The number of likely N-dealkylation sites (N-methyl/N-ethyl adjacent to an activating group) is 1. The van der Waals surface area contributed by atoms with Crippen molar-refractivity contribution in [2.75, 3.05) is 27.2 Å². The number of amides is 1. The largest absolute Gasteiger partial charge is 0.353 e. The van der Waals surface area contributed by atoms with Crippen LogP contribution in [-0.4, -0.2) is 44.0 Å². The average molecular weight is 187 g/mol. The third kappa shape index (κ3) is 4.85. The van der Waals surface area contributed by atoms with E-state index in [0.717, 1.165) is 0 Å². The van der Waals surface area contributed by atoms with Crippen molar-refractivity contribution >= 4 is 5.91 Å². The lowest BCUT2D eigenvalue weighted by Gasteiger charge is -2.27. The van der Waals surface area contributed by atoms with Crippen LogP contribution in [0.1, 0.15) is 13.8 Å². The number of carbonyl (C=O) groups excluding carboxylic acids is 1. The highest BCUT2D eigenvalue weighted by molar-refractivity contribution is 5.77. The average Bonchev–Trinajstić information content (AvgIpc) is 2.03. The van der Waals surface area contributed by atoms with Crippen LogP contribution in [0.3, 0.4) is 0 Å². The lowest BCUT2D eigenvalue weighted by molar-refractivity contribution is -0.120. The predicted molar refractivity (Wildman–Crippen MR) is 54.4 cm³/mol. The summed E-state index contributed by atoms with van der Waals surface area (Å²) in [5.74, 6) is 0.431. The predicted octanol–water partition coefficient (Wildman–Crippen LogP) is -0.352. The Bertz CT molecular complexity index is 149. The van der Waals surface area contributed by atoms with Crippen LogP contribution < -0.4 is 11.1 Å². The maximum Gasteiger partial charge on any atom is 0.233 e. The van der Waals surface area contributed by atoms with Crippen LogP contribution in [-0.2, 0) is 4.79 Å². The molecule has 0 heterocycles. The van der Waals surface area contributed by atoms with Crippen molar-refractivity contribution in [2.45, 2.75) is 19.9 Å². The first-order valence-corrected chi connectivity index (χ1v) is 4.62. The summed E-state index contributed by atoms with van der Waals surface area (Å²) in [7, 11) is 4.03. The van der Waals surface area contributed by atoms with Crippen molar-refractivity contribution < 1.29 is 4.79 Å². The third-order valence-corrected chi connectivity index (χ3v) is 2.13. The van der Waals surface area contributed by atoms with E-state index in [1.807, 2.05) is 14.1 Å². The van der Waals surface area contributed by atoms with Gasteiger partial charge in [0.1, 0.15) is 0 Å². The number of rotatable bonds is 5. The molecule has 0 aromatic rings. The number of nitrogens with zero attached hydrogens (tertiary/aromatic N) is 1. The van der Waals surface area contributed by atoms with Gasteiger partial charge in [-0.3, -0.25) is 4.79 Å². The monoisotopic (exact) mass is 187 g/mol. The Labute approximate surface area is 80.5 Å². The van der Waals surface area contributed by atoms with Gasteiger partial charge in [0, 0.05) is 12.6 Å². The number of nitrogens with two attached hydrogens (primary N) is 1. The molecule has 0 spiro atoms. The van der Waals surface area contributed by atoms with Gasteiger partial charge in [0.15, 0.2) is 0 Å². The maximum absolute atomic E-state index is 10.9. The molecular formula is C9H21N3O. The highest BCUT2D eigenvalue weighted by Crippen LogP contribution is 2.05. The minimum absolute atomic E-state index is 0.0677. The Morgan fingerprint density at radius 1 is 1.46 bits per heavy atom. The summed E-state index contributed by atoms with van der Waals surface area (Å²) >= 11 is 0. The summed E-state index contributed by atoms with van der Waals surface area (Å²) in [5, 5.41) is 2.79. The van der Waals surface area contributed by atoms with Crippen molar-refractivity contribution in [2.24, 2.45) is 11.7 Å². The van der Waals surface area contributed by atoms with Gasteiger partial charge in [-0.15, -0.1) is 0 Å². The summed E-state index contributed by atoms with van der Waals surface area (Å²) in [4.78, 5) is 13.0. The Balaban J connectivity index is 3.90. The van der Waals surface area contributed by atoms with Crippen molar-refractivity contribution in [1.82, 2.24) is 10.2 Å². The summed E-state index contributed by atoms with van der Waals surface area (Å²) in [6.07, 6.45) is 0. The molecule has 0 aromatic heterocycles. The van der Waals surface area contributed by atoms with Gasteiger partial charge in [0.2, 0.25) is 5.91 Å². The molecule has 1 unspecified atom stereocenters. The van der Waals surface area contributed by atoms with Gasteiger partial charge in [0.25, 0.3) is 0 Å². The molecule has 0 aliphatic carbocycles. The smallest absolute Gasteiger partial charge is 0.233 e. The van der Waals surface area contributed by atoms with Crippen molar-refractivity contribution in [1.29, 1.82) is 0 Å². The third-order valence-electron chi connectivity index (χ3n) is 2.13. The van der Waals surface area contributed by atoms with E-state index < -0.39 is 0 Å². The van der Waals surface area contributed by atoms with Crippen molar-refractivity contribution in [3.8, 4) is 0 Å². The topological polar surface area (TPSA) is 58.4 Å². The lowest BCUT2D eigenvalue weighted by atomic mass is 10.0. The van der Waals surface area contributed by atoms with Gasteiger partial charge in [-0.05, 0) is 20.0 Å². The molecular weight excluding hydrogens is 166 g/mol. The molecule has 13 heavy (non-hydrogen) atoms. The molecule has 0 aliphatic rings. The van der Waals surface area contributed by atoms with Crippen LogP contribution >= 0.6 is 0 Å². The molecule has 0 aliphatic heterocycles. The van der Waals surface area contributed by atoms with Crippen LogP contribution in [0.5, 0.6) is 0 Å². The summed E-state index contributed by atoms with van der Waals surface area (Å²) in [6, 6.07) is 0.371. The van der Waals surface area contributed by atoms with Gasteiger partial charge in [-0.25, -0.2) is 0 Å². The molecule has 0 aromatic carbocycles. The minimum atomic E-state index is -0.0903. The molecule has 4 heteroatoms. The van der Waals surface area contributed by atoms with E-state index in [9.17, 15) is 4.79 Å². The Morgan fingerprint density at radius 2 is 2.00 bits per heavy atom. The zero-order valence-corrected chi connectivity index (χ0v) is 9.00. The highest BCUT2D eigenvalue weighted by Gasteiger charge is 2.15. The molecule has 0 rings (SSSR count). The SMILES string of the molecule is CC(C)C(CNC(=O)CN)N(C)C. The van der Waals surface area contributed by atoms with E-state index in [2.05, 4.69) is 24.1 Å². The van der Waals surface area contributed by atoms with E-state index >= 15 is 0 Å². The van der Waals surface area contributed by atoms with E-state index in [0.29, 0.717) is 18.5 Å². The number of nitrogens with one attached hydrogen (secondary N) is 1. The van der Waals surface area contributed by atoms with E-state index in [1.54, 1.807) is 0 Å². The van der Waals surface area contributed by atoms with Gasteiger partial charge in [-0.1, -0.05) is 13.8 Å². The van der Waals surface area contributed by atoms with Crippen LogP contribution in [0.4, 0.5) is 0 Å². The molecule has 0 fully saturated rings. The molecule has 3 N–H and O–H groups in total. The first-order valence-electron chi connectivity index (χ1n) is 4.62. The first-order chi connectivity index (χ1) is 5.99. The fraction of sp³-hybridized carbons (Fsp3) is 0.889. The second-order valence-electron chi connectivity index (χ2n) is 3.78. The second kappa shape index (κ2) is 5.94. The maximum atomic E-state index is 10.9. The van der Waals surface area contributed by atoms with Crippen molar-refractivity contribution in [3.05, 3.63) is 0 Å². The normalized spacial score (nSPS) is 13.5. The Kier molecular flexibility index (Phi) is 5.66. The minimum Gasteiger partial charge on any atom is -0.353 e. The zero-order chi connectivity index (χ0) is 10.4. The lowest BCUT2D eigenvalue weighted by Crippen LogP contribution is -2.44. The fourth-order valence-corrected chi connectivity index (χ4v) is 1.31. The van der Waals surface area contributed by atoms with Gasteiger partial charge in [-0.2, -0.15) is 0 Å². The number of hydrogen-bond donors (Lipinski definition) is 2. The highest BCUT2D eigenvalue weighted by atomic mass is 16.1. The van der Waals surface area contributed by atoms with Gasteiger partial charge < -0.3 is 16.0 Å². The molecule has 0 saturated carbocycles. The Hall–Kier alpha value is -0.610. The summed E-state index contributed by atoms with van der Waals surface area (Å²) in [5.41, 5.74) is 5.18. The van der Waals surface area contributed by atoms with Crippen molar-refractivity contribution in [3.63, 3.8) is 0 Å². The molecule has 0 radical (unpaired) electrons. The standard InChI is InChI=1S/C9H21N3O/c1-7(2)8(12(3)4)6-11-9(13)5-10/h7-8H,5-6,10H2,1-4H3,(H,11,13). The summed E-state index contributed by atoms with van der Waals surface area (Å²) in [6.45, 7) is 5.01. The molecule has 0 bridgehead atoms. The van der Waals surface area contributed by atoms with Crippen LogP contribution in [0, 0.1) is 5.92 Å². The number of carbonyl (C=O) groups is 1. The molecule has 1 amide bonds. The molecule has 78 valence electrons. The van der Waals surface area contributed by atoms with E-state index in [1.165, 1.54) is 0 Å². The van der Waals surface area contributed by atoms with E-state index in [4.69, 9.17) is 5.73 Å². The fourth-order valence-electron chi connectivity index (χ4n) is 1.31. The van der Waals surface area contributed by atoms with Crippen LogP contribution in [0.15, 0.2) is 0 Å². The van der Waals surface area contributed by atoms with Gasteiger partial charge >= 0.3 is 0 Å². The molecule has 4 nitrogen and oxygen atoms in total. The Morgan fingerprint density at radius 3 is 2.31 bits per heavy atom. The van der Waals surface area contributed by atoms with Crippen LogP contribution in [0.2, 0.25) is 0 Å². The number of hydrogen-bond acceptors (Lipinski definition) is 3. The second-order valence-corrected chi connectivity index (χ2v) is 3.78.